The minimum Gasteiger partial charge on any atom is -0.369 e. The maximum absolute atomic E-state index is 14.5. The summed E-state index contributed by atoms with van der Waals surface area (Å²) in [6, 6.07) is 8.22. The molecule has 35 heavy (non-hydrogen) atoms. The van der Waals surface area contributed by atoms with E-state index >= 15 is 0 Å². The number of imide groups is 1. The predicted molar refractivity (Wildman–Crippen MR) is 128 cm³/mol. The van der Waals surface area contributed by atoms with E-state index in [0.29, 0.717) is 28.8 Å². The standard InChI is InChI=1S/C23H22BrFN4O5S/c24-14-2-1-3-16(10-14)35(33,34)28-8-6-27(7-9-28)20-12-15(25)11-17-18(20)13-29(23(17)32)19-4-5-21(30)26-22(19)31/h1-3,10-12,19H,4-9,13H2,(H,26,30,31). The second kappa shape index (κ2) is 8.99. The molecule has 3 aliphatic rings. The predicted octanol–water partition coefficient (Wildman–Crippen LogP) is 1.86. The zero-order chi connectivity index (χ0) is 24.9. The van der Waals surface area contributed by atoms with Crippen LogP contribution in [0, 0.1) is 5.82 Å². The summed E-state index contributed by atoms with van der Waals surface area (Å²) in [6.45, 7) is 1.15. The Morgan fingerprint density at radius 1 is 1.03 bits per heavy atom. The van der Waals surface area contributed by atoms with Gasteiger partial charge in [-0.15, -0.1) is 0 Å². The fourth-order valence-corrected chi connectivity index (χ4v) is 6.85. The van der Waals surface area contributed by atoms with Crippen LogP contribution in [0.3, 0.4) is 0 Å². The molecule has 0 spiro atoms. The van der Waals surface area contributed by atoms with Crippen LogP contribution in [0.1, 0.15) is 28.8 Å². The topological polar surface area (TPSA) is 107 Å². The van der Waals surface area contributed by atoms with Crippen molar-refractivity contribution >= 4 is 49.4 Å². The summed E-state index contributed by atoms with van der Waals surface area (Å²) in [7, 11) is -3.68. The first-order valence-corrected chi connectivity index (χ1v) is 13.4. The molecule has 1 unspecified atom stereocenters. The monoisotopic (exact) mass is 564 g/mol. The molecule has 12 heteroatoms. The van der Waals surface area contributed by atoms with E-state index in [0.717, 1.165) is 0 Å². The van der Waals surface area contributed by atoms with Gasteiger partial charge in [-0.2, -0.15) is 4.31 Å². The van der Waals surface area contributed by atoms with Gasteiger partial charge in [0, 0.05) is 60.4 Å². The van der Waals surface area contributed by atoms with Gasteiger partial charge in [0.05, 0.1) is 4.90 Å². The van der Waals surface area contributed by atoms with Crippen molar-refractivity contribution in [2.75, 3.05) is 31.1 Å². The average Bonchev–Trinajstić information content (AvgIpc) is 3.14. The number of piperazine rings is 1. The Morgan fingerprint density at radius 2 is 1.77 bits per heavy atom. The lowest BCUT2D eigenvalue weighted by molar-refractivity contribution is -0.136. The summed E-state index contributed by atoms with van der Waals surface area (Å²) in [6.07, 6.45) is 0.348. The summed E-state index contributed by atoms with van der Waals surface area (Å²) in [5, 5.41) is 2.26. The maximum atomic E-state index is 14.5. The van der Waals surface area contributed by atoms with E-state index in [1.165, 1.54) is 21.3 Å². The Hall–Kier alpha value is -2.83. The Morgan fingerprint density at radius 3 is 2.46 bits per heavy atom. The first-order chi connectivity index (χ1) is 16.6. The highest BCUT2D eigenvalue weighted by Crippen LogP contribution is 2.36. The zero-order valence-electron chi connectivity index (χ0n) is 18.5. The highest BCUT2D eigenvalue weighted by atomic mass is 79.9. The number of nitrogens with one attached hydrogen (secondary N) is 1. The van der Waals surface area contributed by atoms with Crippen LogP contribution in [0.25, 0.3) is 0 Å². The molecule has 184 valence electrons. The quantitative estimate of drug-likeness (QED) is 0.568. The van der Waals surface area contributed by atoms with Crippen LogP contribution in [0.2, 0.25) is 0 Å². The fraction of sp³-hybridized carbons (Fsp3) is 0.348. The highest BCUT2D eigenvalue weighted by molar-refractivity contribution is 9.10. The van der Waals surface area contributed by atoms with Gasteiger partial charge in [-0.25, -0.2) is 12.8 Å². The van der Waals surface area contributed by atoms with Gasteiger partial charge in [0.2, 0.25) is 21.8 Å². The van der Waals surface area contributed by atoms with Crippen molar-refractivity contribution in [2.24, 2.45) is 0 Å². The minimum atomic E-state index is -3.68. The number of halogens is 2. The van der Waals surface area contributed by atoms with Gasteiger partial charge in [-0.1, -0.05) is 22.0 Å². The van der Waals surface area contributed by atoms with Crippen LogP contribution in [0.5, 0.6) is 0 Å². The molecule has 2 aromatic rings. The van der Waals surface area contributed by atoms with Crippen LogP contribution < -0.4 is 10.2 Å². The number of carbonyl (C=O) groups is 3. The summed E-state index contributed by atoms with van der Waals surface area (Å²) in [5.41, 5.74) is 1.31. The third-order valence-electron chi connectivity index (χ3n) is 6.61. The second-order valence-corrected chi connectivity index (χ2v) is 11.6. The highest BCUT2D eigenvalue weighted by Gasteiger charge is 2.41. The molecule has 0 aromatic heterocycles. The van der Waals surface area contributed by atoms with Crippen LogP contribution in [-0.4, -0.2) is 67.6 Å². The van der Waals surface area contributed by atoms with E-state index in [9.17, 15) is 27.2 Å². The van der Waals surface area contributed by atoms with Gasteiger partial charge in [0.1, 0.15) is 11.9 Å². The summed E-state index contributed by atoms with van der Waals surface area (Å²) in [4.78, 5) is 40.3. The Labute approximate surface area is 210 Å². The normalized spacial score (nSPS) is 21.3. The minimum absolute atomic E-state index is 0.118. The largest absolute Gasteiger partial charge is 0.369 e. The van der Waals surface area contributed by atoms with Crippen molar-refractivity contribution in [3.8, 4) is 0 Å². The number of benzene rings is 2. The van der Waals surface area contributed by atoms with Gasteiger partial charge in [-0.05, 0) is 36.8 Å². The van der Waals surface area contributed by atoms with E-state index in [1.54, 1.807) is 24.3 Å². The molecule has 0 bridgehead atoms. The summed E-state index contributed by atoms with van der Waals surface area (Å²) in [5.74, 6) is -1.94. The molecular weight excluding hydrogens is 543 g/mol. The lowest BCUT2D eigenvalue weighted by atomic mass is 10.0. The number of anilines is 1. The molecule has 3 heterocycles. The van der Waals surface area contributed by atoms with Gasteiger partial charge >= 0.3 is 0 Å². The Balaban J connectivity index is 1.36. The number of nitrogens with zero attached hydrogens (tertiary/aromatic N) is 3. The van der Waals surface area contributed by atoms with E-state index in [1.807, 2.05) is 4.90 Å². The molecule has 1 atom stereocenters. The summed E-state index contributed by atoms with van der Waals surface area (Å²) < 4.78 is 42.7. The van der Waals surface area contributed by atoms with Crippen molar-refractivity contribution in [3.05, 3.63) is 57.8 Å². The first kappa shape index (κ1) is 23.9. The first-order valence-electron chi connectivity index (χ1n) is 11.1. The Kier molecular flexibility index (Phi) is 6.14. The van der Waals surface area contributed by atoms with Crippen LogP contribution >= 0.6 is 15.9 Å². The van der Waals surface area contributed by atoms with E-state index in [2.05, 4.69) is 21.2 Å². The van der Waals surface area contributed by atoms with Crippen molar-refractivity contribution in [1.82, 2.24) is 14.5 Å². The molecule has 2 aromatic carbocycles. The molecule has 2 fully saturated rings. The molecule has 3 amide bonds. The van der Waals surface area contributed by atoms with Crippen molar-refractivity contribution in [2.45, 2.75) is 30.3 Å². The number of hydrogen-bond donors (Lipinski definition) is 1. The number of sulfonamides is 1. The molecule has 5 rings (SSSR count). The maximum Gasteiger partial charge on any atom is 0.255 e. The number of piperidine rings is 1. The molecular formula is C23H22BrFN4O5S. The number of carbonyl (C=O) groups excluding carboxylic acids is 3. The second-order valence-electron chi connectivity index (χ2n) is 8.70. The lowest BCUT2D eigenvalue weighted by Crippen LogP contribution is -2.52. The number of hydrogen-bond acceptors (Lipinski definition) is 6. The van der Waals surface area contributed by atoms with E-state index < -0.39 is 33.7 Å². The van der Waals surface area contributed by atoms with Crippen LogP contribution in [0.15, 0.2) is 45.8 Å². The number of fused-ring (bicyclic) bond motifs is 1. The SMILES string of the molecule is O=C1CCC(N2Cc3c(cc(F)cc3N3CCN(S(=O)(=O)c4cccc(Br)c4)CC3)C2=O)C(=O)N1. The van der Waals surface area contributed by atoms with Crippen LogP contribution in [0.4, 0.5) is 10.1 Å². The smallest absolute Gasteiger partial charge is 0.255 e. The number of rotatable bonds is 4. The average molecular weight is 565 g/mol. The number of amides is 3. The van der Waals surface area contributed by atoms with Gasteiger partial charge in [0.25, 0.3) is 5.91 Å². The third kappa shape index (κ3) is 4.34. The van der Waals surface area contributed by atoms with E-state index in [-0.39, 0.29) is 48.8 Å². The molecule has 3 aliphatic heterocycles. The van der Waals surface area contributed by atoms with Crippen molar-refractivity contribution < 1.29 is 27.2 Å². The van der Waals surface area contributed by atoms with Gasteiger partial charge in [0.15, 0.2) is 0 Å². The Bertz CT molecular complexity index is 1340. The molecule has 9 nitrogen and oxygen atoms in total. The van der Waals surface area contributed by atoms with Crippen LogP contribution in [-0.2, 0) is 26.2 Å². The molecule has 0 aliphatic carbocycles. The van der Waals surface area contributed by atoms with Gasteiger partial charge in [-0.3, -0.25) is 19.7 Å². The zero-order valence-corrected chi connectivity index (χ0v) is 20.9. The third-order valence-corrected chi connectivity index (χ3v) is 9.00. The van der Waals surface area contributed by atoms with Crippen molar-refractivity contribution in [1.29, 1.82) is 0 Å². The molecule has 2 saturated heterocycles. The summed E-state index contributed by atoms with van der Waals surface area (Å²) >= 11 is 3.30. The van der Waals surface area contributed by atoms with Gasteiger partial charge < -0.3 is 9.80 Å². The van der Waals surface area contributed by atoms with E-state index in [4.69, 9.17) is 0 Å². The molecule has 1 N–H and O–H groups in total. The molecule has 0 radical (unpaired) electrons. The fourth-order valence-electron chi connectivity index (χ4n) is 4.84. The molecule has 0 saturated carbocycles. The lowest BCUT2D eigenvalue weighted by Gasteiger charge is -2.36. The van der Waals surface area contributed by atoms with Crippen molar-refractivity contribution in [3.63, 3.8) is 0 Å².